The number of rotatable bonds is 2. The Labute approximate surface area is 130 Å². The van der Waals surface area contributed by atoms with E-state index < -0.39 is 0 Å². The number of carbonyl (C=O) groups excluding carboxylic acids is 1. The molecule has 0 aliphatic rings. The summed E-state index contributed by atoms with van der Waals surface area (Å²) in [5, 5.41) is 5.69. The first-order chi connectivity index (χ1) is 9.56. The van der Waals surface area contributed by atoms with Crippen LogP contribution in [0, 0.1) is 6.92 Å². The molecule has 0 bridgehead atoms. The van der Waals surface area contributed by atoms with Crippen molar-refractivity contribution >= 4 is 45.0 Å². The van der Waals surface area contributed by atoms with Crippen LogP contribution in [0.15, 0.2) is 47.1 Å². The Morgan fingerprint density at radius 2 is 2.00 bits per heavy atom. The minimum Gasteiger partial charge on any atom is -0.316 e. The highest BCUT2D eigenvalue weighted by Crippen LogP contribution is 2.20. The third-order valence-electron chi connectivity index (χ3n) is 2.47. The average molecular weight is 350 g/mol. The second-order valence-corrected chi connectivity index (χ2v) is 5.38. The van der Waals surface area contributed by atoms with Crippen LogP contribution in [0.25, 0.3) is 0 Å². The monoisotopic (exact) mass is 349 g/mol. The Kier molecular flexibility index (Phi) is 4.81. The van der Waals surface area contributed by atoms with Crippen molar-refractivity contribution in [2.75, 3.05) is 5.32 Å². The fraction of sp³-hybridized carbons (Fsp3) is 0.0714. The van der Waals surface area contributed by atoms with Crippen molar-refractivity contribution < 1.29 is 4.79 Å². The lowest BCUT2D eigenvalue weighted by molar-refractivity contribution is 0.0978. The maximum Gasteiger partial charge on any atom is 0.257 e. The molecule has 0 unspecified atom stereocenters. The largest absolute Gasteiger partial charge is 0.316 e. The summed E-state index contributed by atoms with van der Waals surface area (Å²) in [6.07, 6.45) is 1.72. The molecule has 0 atom stereocenters. The van der Waals surface area contributed by atoms with Crippen molar-refractivity contribution in [1.29, 1.82) is 0 Å². The third kappa shape index (κ3) is 3.85. The summed E-state index contributed by atoms with van der Waals surface area (Å²) in [6, 6.07) is 10.8. The van der Waals surface area contributed by atoms with E-state index in [1.807, 2.05) is 19.1 Å². The van der Waals surface area contributed by atoms with Crippen molar-refractivity contribution in [2.24, 2.45) is 0 Å². The van der Waals surface area contributed by atoms with E-state index in [1.54, 1.807) is 30.5 Å². The predicted octanol–water partition coefficient (Wildman–Crippen LogP) is 3.28. The molecule has 6 heteroatoms. The SMILES string of the molecule is Cc1cnc(NC(=S)NC(=O)c2ccccc2)c(Br)c1. The second kappa shape index (κ2) is 6.58. The van der Waals surface area contributed by atoms with Gasteiger partial charge in [0.2, 0.25) is 0 Å². The molecule has 1 aromatic heterocycles. The van der Waals surface area contributed by atoms with Gasteiger partial charge in [-0.25, -0.2) is 4.98 Å². The molecule has 4 nitrogen and oxygen atoms in total. The molecule has 0 aliphatic carbocycles. The van der Waals surface area contributed by atoms with Crippen LogP contribution in [-0.2, 0) is 0 Å². The number of anilines is 1. The van der Waals surface area contributed by atoms with E-state index in [0.29, 0.717) is 11.4 Å². The van der Waals surface area contributed by atoms with Gasteiger partial charge in [-0.05, 0) is 58.8 Å². The second-order valence-electron chi connectivity index (χ2n) is 4.12. The molecule has 0 spiro atoms. The highest BCUT2D eigenvalue weighted by Gasteiger charge is 2.09. The smallest absolute Gasteiger partial charge is 0.257 e. The number of thiocarbonyl (C=S) groups is 1. The van der Waals surface area contributed by atoms with Crippen molar-refractivity contribution in [3.8, 4) is 0 Å². The van der Waals surface area contributed by atoms with Gasteiger partial charge in [-0.2, -0.15) is 0 Å². The zero-order valence-electron chi connectivity index (χ0n) is 10.7. The predicted molar refractivity (Wildman–Crippen MR) is 86.8 cm³/mol. The molecular weight excluding hydrogens is 338 g/mol. The number of pyridine rings is 1. The topological polar surface area (TPSA) is 54.0 Å². The first kappa shape index (κ1) is 14.6. The molecule has 20 heavy (non-hydrogen) atoms. The molecule has 2 N–H and O–H groups in total. The van der Waals surface area contributed by atoms with E-state index in [1.165, 1.54) is 0 Å². The lowest BCUT2D eigenvalue weighted by Crippen LogP contribution is -2.34. The number of halogens is 1. The number of hydrogen-bond acceptors (Lipinski definition) is 3. The molecule has 1 aromatic carbocycles. The summed E-state index contributed by atoms with van der Waals surface area (Å²) in [7, 11) is 0. The minimum atomic E-state index is -0.258. The highest BCUT2D eigenvalue weighted by molar-refractivity contribution is 9.10. The minimum absolute atomic E-state index is 0.205. The maximum absolute atomic E-state index is 11.9. The van der Waals surface area contributed by atoms with Gasteiger partial charge in [0.15, 0.2) is 5.11 Å². The van der Waals surface area contributed by atoms with Gasteiger partial charge >= 0.3 is 0 Å². The van der Waals surface area contributed by atoms with E-state index in [0.717, 1.165) is 10.0 Å². The standard InChI is InChI=1S/C14H12BrN3OS/c1-9-7-11(15)12(16-8-9)17-14(20)18-13(19)10-5-3-2-4-6-10/h2-8H,1H3,(H2,16,17,18,19,20). The van der Waals surface area contributed by atoms with Crippen LogP contribution in [0.2, 0.25) is 0 Å². The Hall–Kier alpha value is -1.79. The lowest BCUT2D eigenvalue weighted by atomic mass is 10.2. The molecule has 0 radical (unpaired) electrons. The van der Waals surface area contributed by atoms with Gasteiger partial charge in [0.1, 0.15) is 5.82 Å². The van der Waals surface area contributed by atoms with Gasteiger partial charge in [-0.1, -0.05) is 18.2 Å². The van der Waals surface area contributed by atoms with E-state index in [9.17, 15) is 4.79 Å². The normalized spacial score (nSPS) is 9.90. The number of aryl methyl sites for hydroxylation is 1. The molecule has 1 heterocycles. The van der Waals surface area contributed by atoms with Crippen molar-refractivity contribution in [2.45, 2.75) is 6.92 Å². The number of nitrogens with zero attached hydrogens (tertiary/aromatic N) is 1. The van der Waals surface area contributed by atoms with Crippen LogP contribution in [0.5, 0.6) is 0 Å². The van der Waals surface area contributed by atoms with Crippen molar-refractivity contribution in [3.63, 3.8) is 0 Å². The zero-order chi connectivity index (χ0) is 14.5. The first-order valence-electron chi connectivity index (χ1n) is 5.86. The number of nitrogens with one attached hydrogen (secondary N) is 2. The van der Waals surface area contributed by atoms with Crippen LogP contribution < -0.4 is 10.6 Å². The third-order valence-corrected chi connectivity index (χ3v) is 3.28. The zero-order valence-corrected chi connectivity index (χ0v) is 13.1. The van der Waals surface area contributed by atoms with E-state index in [-0.39, 0.29) is 11.0 Å². The Balaban J connectivity index is 2.01. The summed E-state index contributed by atoms with van der Waals surface area (Å²) in [5.74, 6) is 0.306. The summed E-state index contributed by atoms with van der Waals surface area (Å²) in [5.41, 5.74) is 1.58. The molecule has 0 saturated heterocycles. The Bertz CT molecular complexity index is 646. The van der Waals surface area contributed by atoms with Gasteiger partial charge in [-0.3, -0.25) is 10.1 Å². The fourth-order valence-corrected chi connectivity index (χ4v) is 2.28. The average Bonchev–Trinajstić information content (AvgIpc) is 2.43. The van der Waals surface area contributed by atoms with Crippen LogP contribution in [0.3, 0.4) is 0 Å². The van der Waals surface area contributed by atoms with Crippen LogP contribution in [0.4, 0.5) is 5.82 Å². The fourth-order valence-electron chi connectivity index (χ4n) is 1.53. The van der Waals surface area contributed by atoms with Crippen LogP contribution in [0.1, 0.15) is 15.9 Å². The van der Waals surface area contributed by atoms with E-state index in [4.69, 9.17) is 12.2 Å². The highest BCUT2D eigenvalue weighted by atomic mass is 79.9. The van der Waals surface area contributed by atoms with Crippen LogP contribution >= 0.6 is 28.1 Å². The quantitative estimate of drug-likeness (QED) is 0.817. The van der Waals surface area contributed by atoms with E-state index in [2.05, 4.69) is 31.5 Å². The molecule has 0 saturated carbocycles. The van der Waals surface area contributed by atoms with Gasteiger partial charge in [0, 0.05) is 11.8 Å². The first-order valence-corrected chi connectivity index (χ1v) is 7.06. The lowest BCUT2D eigenvalue weighted by Gasteiger charge is -2.10. The molecule has 0 aliphatic heterocycles. The Morgan fingerprint density at radius 1 is 1.30 bits per heavy atom. The maximum atomic E-state index is 11.9. The number of benzene rings is 1. The summed E-state index contributed by atoms with van der Waals surface area (Å²) in [4.78, 5) is 16.1. The van der Waals surface area contributed by atoms with Gasteiger partial charge in [0.25, 0.3) is 5.91 Å². The number of aromatic nitrogens is 1. The number of carbonyl (C=O) groups is 1. The number of hydrogen-bond donors (Lipinski definition) is 2. The molecule has 102 valence electrons. The molecular formula is C14H12BrN3OS. The molecule has 0 fully saturated rings. The Morgan fingerprint density at radius 3 is 2.65 bits per heavy atom. The summed E-state index contributed by atoms with van der Waals surface area (Å²) >= 11 is 8.49. The van der Waals surface area contributed by atoms with Gasteiger partial charge in [0.05, 0.1) is 4.47 Å². The molecule has 1 amide bonds. The van der Waals surface area contributed by atoms with Gasteiger partial charge in [-0.15, -0.1) is 0 Å². The van der Waals surface area contributed by atoms with Crippen LogP contribution in [-0.4, -0.2) is 16.0 Å². The molecule has 2 aromatic rings. The van der Waals surface area contributed by atoms with Crippen molar-refractivity contribution in [1.82, 2.24) is 10.3 Å². The van der Waals surface area contributed by atoms with Gasteiger partial charge < -0.3 is 5.32 Å². The summed E-state index contributed by atoms with van der Waals surface area (Å²) in [6.45, 7) is 1.94. The van der Waals surface area contributed by atoms with E-state index >= 15 is 0 Å². The molecule has 2 rings (SSSR count). The summed E-state index contributed by atoms with van der Waals surface area (Å²) < 4.78 is 0.786. The number of amides is 1. The van der Waals surface area contributed by atoms with Crippen molar-refractivity contribution in [3.05, 3.63) is 58.2 Å².